The Hall–Kier alpha value is -2.30. The van der Waals surface area contributed by atoms with E-state index in [1.807, 2.05) is 19.1 Å². The molecule has 0 fully saturated rings. The molecule has 0 amide bonds. The number of hydrogen-bond donors (Lipinski definition) is 2. The average Bonchev–Trinajstić information content (AvgIpc) is 2.71. The summed E-state index contributed by atoms with van der Waals surface area (Å²) < 4.78 is 43.4. The van der Waals surface area contributed by atoms with Crippen LogP contribution < -0.4 is 24.8 Å². The molecule has 6 nitrogen and oxygen atoms in total. The van der Waals surface area contributed by atoms with Gasteiger partial charge < -0.3 is 24.8 Å². The minimum Gasteiger partial charge on any atom is -0.493 e. The molecule has 0 bridgehead atoms. The highest BCUT2D eigenvalue weighted by Gasteiger charge is 2.14. The quantitative estimate of drug-likeness (QED) is 0.314. The number of nitrogens with zero attached hydrogens (tertiary/aromatic N) is 1. The summed E-state index contributed by atoms with van der Waals surface area (Å²) >= 11 is 0. The Morgan fingerprint density at radius 2 is 1.62 bits per heavy atom. The maximum absolute atomic E-state index is 13.7. The van der Waals surface area contributed by atoms with Gasteiger partial charge in [-0.05, 0) is 42.8 Å². The molecule has 0 radical (unpaired) electrons. The van der Waals surface area contributed by atoms with Gasteiger partial charge >= 0.3 is 0 Å². The molecule has 160 valence electrons. The van der Waals surface area contributed by atoms with Crippen molar-refractivity contribution in [2.75, 3.05) is 27.9 Å². The summed E-state index contributed by atoms with van der Waals surface area (Å²) in [6.07, 6.45) is 0. The third-order valence-electron chi connectivity index (χ3n) is 3.95. The van der Waals surface area contributed by atoms with Gasteiger partial charge in [0.05, 0.1) is 20.8 Å². The lowest BCUT2D eigenvalue weighted by Gasteiger charge is -2.17. The topological polar surface area (TPSA) is 64.1 Å². The van der Waals surface area contributed by atoms with E-state index in [0.29, 0.717) is 36.4 Å². The Morgan fingerprint density at radius 1 is 1.00 bits per heavy atom. The van der Waals surface area contributed by atoms with Gasteiger partial charge in [-0.15, -0.1) is 24.0 Å². The van der Waals surface area contributed by atoms with Crippen molar-refractivity contribution < 1.29 is 23.0 Å². The minimum atomic E-state index is -0.491. The minimum absolute atomic E-state index is 0. The van der Waals surface area contributed by atoms with Crippen LogP contribution in [0.1, 0.15) is 18.1 Å². The zero-order valence-electron chi connectivity index (χ0n) is 16.8. The van der Waals surface area contributed by atoms with Crippen molar-refractivity contribution in [3.63, 3.8) is 0 Å². The molecule has 0 unspecified atom stereocenters. The summed E-state index contributed by atoms with van der Waals surface area (Å²) in [7, 11) is 4.71. The van der Waals surface area contributed by atoms with Crippen molar-refractivity contribution in [1.29, 1.82) is 0 Å². The number of methoxy groups -OCH3 is 2. The lowest BCUT2D eigenvalue weighted by Crippen LogP contribution is -2.36. The second kappa shape index (κ2) is 12.3. The van der Waals surface area contributed by atoms with E-state index in [-0.39, 0.29) is 36.1 Å². The monoisotopic (exact) mass is 521 g/mol. The van der Waals surface area contributed by atoms with Gasteiger partial charge in [-0.3, -0.25) is 4.99 Å². The van der Waals surface area contributed by atoms with Crippen LogP contribution in [0.5, 0.6) is 17.2 Å². The molecule has 0 saturated heterocycles. The predicted octanol–water partition coefficient (Wildman–Crippen LogP) is 3.86. The maximum atomic E-state index is 13.7. The summed E-state index contributed by atoms with van der Waals surface area (Å²) in [6.45, 7) is 2.87. The fourth-order valence-corrected chi connectivity index (χ4v) is 2.59. The molecule has 0 aliphatic carbocycles. The van der Waals surface area contributed by atoms with Crippen LogP contribution in [-0.4, -0.2) is 33.8 Å². The van der Waals surface area contributed by atoms with Gasteiger partial charge in [0.25, 0.3) is 0 Å². The molecule has 29 heavy (non-hydrogen) atoms. The molecule has 2 aromatic carbocycles. The first-order valence-electron chi connectivity index (χ1n) is 8.78. The second-order valence-electron chi connectivity index (χ2n) is 5.78. The number of halogens is 3. The highest BCUT2D eigenvalue weighted by molar-refractivity contribution is 14.0. The zero-order chi connectivity index (χ0) is 20.5. The van der Waals surface area contributed by atoms with Crippen LogP contribution in [0.2, 0.25) is 0 Å². The van der Waals surface area contributed by atoms with Crippen LogP contribution in [0.15, 0.2) is 35.3 Å². The van der Waals surface area contributed by atoms with E-state index < -0.39 is 11.6 Å². The molecule has 2 rings (SSSR count). The highest BCUT2D eigenvalue weighted by Crippen LogP contribution is 2.38. The van der Waals surface area contributed by atoms with Crippen LogP contribution in [0.25, 0.3) is 0 Å². The van der Waals surface area contributed by atoms with E-state index in [1.54, 1.807) is 21.3 Å². The van der Waals surface area contributed by atoms with Crippen LogP contribution in [0.3, 0.4) is 0 Å². The first-order valence-corrected chi connectivity index (χ1v) is 8.78. The summed E-state index contributed by atoms with van der Waals surface area (Å²) in [5.74, 6) is 1.13. The normalized spacial score (nSPS) is 10.8. The van der Waals surface area contributed by atoms with Crippen molar-refractivity contribution >= 4 is 29.9 Å². The molecule has 0 saturated carbocycles. The molecule has 0 heterocycles. The Bertz CT molecular complexity index is 810. The van der Waals surface area contributed by atoms with Crippen LogP contribution >= 0.6 is 24.0 Å². The first-order chi connectivity index (χ1) is 13.5. The fraction of sp³-hybridized carbons (Fsp3) is 0.350. The van der Waals surface area contributed by atoms with Gasteiger partial charge in [0, 0.05) is 25.7 Å². The van der Waals surface area contributed by atoms with E-state index in [2.05, 4.69) is 15.6 Å². The number of nitrogens with one attached hydrogen (secondary N) is 2. The number of aliphatic imine (C=N–C) groups is 1. The van der Waals surface area contributed by atoms with Gasteiger partial charge in [-0.25, -0.2) is 8.78 Å². The number of hydrogen-bond acceptors (Lipinski definition) is 4. The summed E-state index contributed by atoms with van der Waals surface area (Å²) in [5.41, 5.74) is 1.09. The average molecular weight is 521 g/mol. The predicted molar refractivity (Wildman–Crippen MR) is 120 cm³/mol. The van der Waals surface area contributed by atoms with Crippen molar-refractivity contribution in [2.45, 2.75) is 20.0 Å². The Kier molecular flexibility index (Phi) is 10.5. The van der Waals surface area contributed by atoms with Crippen molar-refractivity contribution in [2.24, 2.45) is 4.99 Å². The van der Waals surface area contributed by atoms with E-state index in [4.69, 9.17) is 14.2 Å². The Labute approximate surface area is 186 Å². The summed E-state index contributed by atoms with van der Waals surface area (Å²) in [5, 5.41) is 6.07. The third-order valence-corrected chi connectivity index (χ3v) is 3.95. The highest BCUT2D eigenvalue weighted by atomic mass is 127. The molecule has 0 spiro atoms. The fourth-order valence-electron chi connectivity index (χ4n) is 2.59. The standard InChI is InChI=1S/C20H25F2N3O3.HI/c1-5-28-19-17(26-3)8-13(9-18(19)27-4)11-24-20(23-2)25-12-14-10-15(21)6-7-16(14)22;/h6-10H,5,11-12H2,1-4H3,(H2,23,24,25);1H. The van der Waals surface area contributed by atoms with Crippen molar-refractivity contribution in [3.8, 4) is 17.2 Å². The molecule has 0 aliphatic heterocycles. The number of ether oxygens (including phenoxy) is 3. The molecule has 0 aromatic heterocycles. The largest absolute Gasteiger partial charge is 0.493 e. The van der Waals surface area contributed by atoms with E-state index in [0.717, 1.165) is 23.8 Å². The summed E-state index contributed by atoms with van der Waals surface area (Å²) in [4.78, 5) is 4.09. The second-order valence-corrected chi connectivity index (χ2v) is 5.78. The maximum Gasteiger partial charge on any atom is 0.203 e. The molecule has 2 aromatic rings. The third kappa shape index (κ3) is 6.91. The number of rotatable bonds is 8. The lowest BCUT2D eigenvalue weighted by atomic mass is 10.1. The molecular formula is C20H26F2IN3O3. The smallest absolute Gasteiger partial charge is 0.203 e. The van der Waals surface area contributed by atoms with Gasteiger partial charge in [0.2, 0.25) is 5.75 Å². The molecule has 2 N–H and O–H groups in total. The summed E-state index contributed by atoms with van der Waals surface area (Å²) in [6, 6.07) is 7.00. The molecule has 9 heteroatoms. The number of guanidine groups is 1. The molecular weight excluding hydrogens is 495 g/mol. The SMILES string of the molecule is CCOc1c(OC)cc(CNC(=NC)NCc2cc(F)ccc2F)cc1OC.I. The van der Waals surface area contributed by atoms with Gasteiger partial charge in [-0.1, -0.05) is 0 Å². The number of benzene rings is 2. The van der Waals surface area contributed by atoms with Crippen molar-refractivity contribution in [3.05, 3.63) is 53.1 Å². The van der Waals surface area contributed by atoms with Crippen LogP contribution in [-0.2, 0) is 13.1 Å². The van der Waals surface area contributed by atoms with E-state index in [9.17, 15) is 8.78 Å². The van der Waals surface area contributed by atoms with Crippen LogP contribution in [0, 0.1) is 11.6 Å². The van der Waals surface area contributed by atoms with Crippen LogP contribution in [0.4, 0.5) is 8.78 Å². The van der Waals surface area contributed by atoms with Gasteiger partial charge in [-0.2, -0.15) is 0 Å². The van der Waals surface area contributed by atoms with E-state index in [1.165, 1.54) is 0 Å². The first kappa shape index (κ1) is 24.7. The molecule has 0 atom stereocenters. The Morgan fingerprint density at radius 3 is 2.17 bits per heavy atom. The zero-order valence-corrected chi connectivity index (χ0v) is 19.2. The lowest BCUT2D eigenvalue weighted by molar-refractivity contribution is 0.288. The Balaban J connectivity index is 0.00000420. The van der Waals surface area contributed by atoms with Gasteiger partial charge in [0.1, 0.15) is 11.6 Å². The van der Waals surface area contributed by atoms with E-state index >= 15 is 0 Å². The van der Waals surface area contributed by atoms with Crippen molar-refractivity contribution in [1.82, 2.24) is 10.6 Å². The van der Waals surface area contributed by atoms with Gasteiger partial charge in [0.15, 0.2) is 17.5 Å². The molecule has 0 aliphatic rings.